The van der Waals surface area contributed by atoms with Gasteiger partial charge in [-0.25, -0.2) is 14.2 Å². The standard InChI is InChI=1S/C29H28FN3O4/c1-17-10-18(2)27(19(3)11-17)28(34)33-24(29(35)36)12-20-4-6-22(7-5-20)25-13-21(16-37-25)15-32-26-14-23(30)8-9-31-26/h4-11,13-14,16,24H,12,15H2,1-3H3,(H,31,32)(H,33,34)(H,35,36). The topological polar surface area (TPSA) is 104 Å². The second-order valence-corrected chi connectivity index (χ2v) is 9.07. The molecule has 190 valence electrons. The van der Waals surface area contributed by atoms with Gasteiger partial charge in [0.2, 0.25) is 0 Å². The summed E-state index contributed by atoms with van der Waals surface area (Å²) < 4.78 is 19.0. The molecule has 1 amide bonds. The number of halogens is 1. The Kier molecular flexibility index (Phi) is 7.67. The molecule has 1 atom stereocenters. The number of nitrogens with zero attached hydrogens (tertiary/aromatic N) is 1. The first-order valence-electron chi connectivity index (χ1n) is 11.8. The summed E-state index contributed by atoms with van der Waals surface area (Å²) in [7, 11) is 0. The number of aliphatic carboxylic acids is 1. The summed E-state index contributed by atoms with van der Waals surface area (Å²) in [6, 6.07) is 14.5. The van der Waals surface area contributed by atoms with Crippen molar-refractivity contribution in [3.05, 3.63) is 106 Å². The third-order valence-corrected chi connectivity index (χ3v) is 6.04. The van der Waals surface area contributed by atoms with E-state index in [1.54, 1.807) is 6.26 Å². The highest BCUT2D eigenvalue weighted by molar-refractivity contribution is 5.99. The second kappa shape index (κ2) is 11.1. The maximum atomic E-state index is 13.3. The van der Waals surface area contributed by atoms with Gasteiger partial charge in [-0.2, -0.15) is 0 Å². The summed E-state index contributed by atoms with van der Waals surface area (Å²) in [6.45, 7) is 6.06. The van der Waals surface area contributed by atoms with Crippen molar-refractivity contribution < 1.29 is 23.5 Å². The molecule has 0 saturated heterocycles. The molecule has 37 heavy (non-hydrogen) atoms. The van der Waals surface area contributed by atoms with Crippen LogP contribution in [0.1, 0.15) is 38.2 Å². The molecule has 3 N–H and O–H groups in total. The fourth-order valence-corrected chi connectivity index (χ4v) is 4.32. The molecule has 0 bridgehead atoms. The molecule has 0 aliphatic carbocycles. The number of carbonyl (C=O) groups is 2. The van der Waals surface area contributed by atoms with Crippen LogP contribution in [0, 0.1) is 26.6 Å². The number of aryl methyl sites for hydroxylation is 3. The highest BCUT2D eigenvalue weighted by atomic mass is 19.1. The molecule has 0 aliphatic rings. The molecule has 0 spiro atoms. The summed E-state index contributed by atoms with van der Waals surface area (Å²) >= 11 is 0. The van der Waals surface area contributed by atoms with Crippen molar-refractivity contribution in [2.45, 2.75) is 39.8 Å². The predicted molar refractivity (Wildman–Crippen MR) is 139 cm³/mol. The number of aromatic nitrogens is 1. The zero-order chi connectivity index (χ0) is 26.5. The summed E-state index contributed by atoms with van der Waals surface area (Å²) in [5.74, 6) is -0.792. The maximum absolute atomic E-state index is 13.3. The first kappa shape index (κ1) is 25.6. The van der Waals surface area contributed by atoms with Gasteiger partial charge in [-0.3, -0.25) is 4.79 Å². The van der Waals surface area contributed by atoms with Gasteiger partial charge in [0.25, 0.3) is 5.91 Å². The number of carboxylic acids is 1. The predicted octanol–water partition coefficient (Wildman–Crippen LogP) is 5.44. The lowest BCUT2D eigenvalue weighted by atomic mass is 9.98. The van der Waals surface area contributed by atoms with E-state index in [9.17, 15) is 19.1 Å². The maximum Gasteiger partial charge on any atom is 0.326 e. The van der Waals surface area contributed by atoms with Gasteiger partial charge in [0.15, 0.2) is 0 Å². The van der Waals surface area contributed by atoms with Crippen molar-refractivity contribution in [3.63, 3.8) is 0 Å². The molecule has 4 aromatic rings. The van der Waals surface area contributed by atoms with E-state index in [1.807, 2.05) is 63.2 Å². The molecule has 0 radical (unpaired) electrons. The van der Waals surface area contributed by atoms with Gasteiger partial charge in [0.1, 0.15) is 23.4 Å². The van der Waals surface area contributed by atoms with Gasteiger partial charge >= 0.3 is 5.97 Å². The Hall–Kier alpha value is -4.46. The fourth-order valence-electron chi connectivity index (χ4n) is 4.32. The number of anilines is 1. The minimum absolute atomic E-state index is 0.138. The minimum atomic E-state index is -1.10. The number of benzene rings is 2. The quantitative estimate of drug-likeness (QED) is 0.282. The van der Waals surface area contributed by atoms with E-state index < -0.39 is 17.9 Å². The Bertz CT molecular complexity index is 1410. The monoisotopic (exact) mass is 501 g/mol. The Labute approximate surface area is 214 Å². The minimum Gasteiger partial charge on any atom is -0.480 e. The van der Waals surface area contributed by atoms with Crippen LogP contribution < -0.4 is 10.6 Å². The van der Waals surface area contributed by atoms with Crippen LogP contribution in [0.25, 0.3) is 11.3 Å². The number of amides is 1. The lowest BCUT2D eigenvalue weighted by Crippen LogP contribution is -2.42. The highest BCUT2D eigenvalue weighted by Gasteiger charge is 2.23. The van der Waals surface area contributed by atoms with Crippen LogP contribution in [-0.4, -0.2) is 28.0 Å². The Morgan fingerprint density at radius 1 is 1.00 bits per heavy atom. The number of carboxylic acid groups (broad SMARTS) is 1. The molecule has 2 aromatic carbocycles. The zero-order valence-corrected chi connectivity index (χ0v) is 20.8. The fraction of sp³-hybridized carbons (Fsp3) is 0.207. The summed E-state index contributed by atoms with van der Waals surface area (Å²) in [4.78, 5) is 28.9. The average molecular weight is 502 g/mol. The van der Waals surface area contributed by atoms with Crippen molar-refractivity contribution in [1.82, 2.24) is 10.3 Å². The highest BCUT2D eigenvalue weighted by Crippen LogP contribution is 2.24. The van der Waals surface area contributed by atoms with E-state index in [4.69, 9.17) is 4.42 Å². The van der Waals surface area contributed by atoms with Crippen molar-refractivity contribution in [2.75, 3.05) is 5.32 Å². The number of hydrogen-bond acceptors (Lipinski definition) is 5. The SMILES string of the molecule is Cc1cc(C)c(C(=O)NC(Cc2ccc(-c3cc(CNc4cc(F)ccn4)co3)cc2)C(=O)O)c(C)c1. The van der Waals surface area contributed by atoms with Crippen LogP contribution in [-0.2, 0) is 17.8 Å². The van der Waals surface area contributed by atoms with E-state index in [-0.39, 0.29) is 12.2 Å². The molecule has 8 heteroatoms. The van der Waals surface area contributed by atoms with E-state index >= 15 is 0 Å². The van der Waals surface area contributed by atoms with Gasteiger partial charge in [-0.1, -0.05) is 42.0 Å². The van der Waals surface area contributed by atoms with Gasteiger partial charge < -0.3 is 20.2 Å². The van der Waals surface area contributed by atoms with Gasteiger partial charge in [0.05, 0.1) is 6.26 Å². The number of furan rings is 1. The Morgan fingerprint density at radius 2 is 1.70 bits per heavy atom. The second-order valence-electron chi connectivity index (χ2n) is 9.07. The van der Waals surface area contributed by atoms with Crippen LogP contribution in [0.2, 0.25) is 0 Å². The van der Waals surface area contributed by atoms with Gasteiger partial charge in [-0.15, -0.1) is 0 Å². The van der Waals surface area contributed by atoms with E-state index in [0.717, 1.165) is 33.4 Å². The number of pyridine rings is 1. The normalized spacial score (nSPS) is 11.7. The molecule has 2 aromatic heterocycles. The molecule has 0 aliphatic heterocycles. The van der Waals surface area contributed by atoms with E-state index in [0.29, 0.717) is 23.7 Å². The first-order chi connectivity index (χ1) is 17.7. The summed E-state index contributed by atoms with van der Waals surface area (Å²) in [6.07, 6.45) is 3.14. The van der Waals surface area contributed by atoms with Crippen LogP contribution in [0.15, 0.2) is 71.5 Å². The molecular weight excluding hydrogens is 473 g/mol. The molecular formula is C29H28FN3O4. The van der Waals surface area contributed by atoms with Crippen LogP contribution in [0.4, 0.5) is 10.2 Å². The third kappa shape index (κ3) is 6.41. The number of hydrogen-bond donors (Lipinski definition) is 3. The van der Waals surface area contributed by atoms with Crippen molar-refractivity contribution in [2.24, 2.45) is 0 Å². The number of rotatable bonds is 9. The number of nitrogens with one attached hydrogen (secondary N) is 2. The van der Waals surface area contributed by atoms with Crippen LogP contribution >= 0.6 is 0 Å². The molecule has 7 nitrogen and oxygen atoms in total. The van der Waals surface area contributed by atoms with E-state index in [2.05, 4.69) is 15.6 Å². The molecule has 0 fully saturated rings. The van der Waals surface area contributed by atoms with Gasteiger partial charge in [-0.05, 0) is 49.6 Å². The lowest BCUT2D eigenvalue weighted by Gasteiger charge is -2.17. The Balaban J connectivity index is 1.40. The first-order valence-corrected chi connectivity index (χ1v) is 11.8. The summed E-state index contributed by atoms with van der Waals surface area (Å²) in [5.41, 5.74) is 5.61. The van der Waals surface area contributed by atoms with Crippen molar-refractivity contribution >= 4 is 17.7 Å². The third-order valence-electron chi connectivity index (χ3n) is 6.04. The van der Waals surface area contributed by atoms with Crippen LogP contribution in [0.5, 0.6) is 0 Å². The largest absolute Gasteiger partial charge is 0.480 e. The van der Waals surface area contributed by atoms with E-state index in [1.165, 1.54) is 18.3 Å². The van der Waals surface area contributed by atoms with Gasteiger partial charge in [0, 0.05) is 41.9 Å². The van der Waals surface area contributed by atoms with Crippen molar-refractivity contribution in [3.8, 4) is 11.3 Å². The molecule has 1 unspecified atom stereocenters. The lowest BCUT2D eigenvalue weighted by molar-refractivity contribution is -0.139. The zero-order valence-electron chi connectivity index (χ0n) is 20.8. The summed E-state index contributed by atoms with van der Waals surface area (Å²) in [5, 5.41) is 15.4. The molecule has 4 rings (SSSR count). The van der Waals surface area contributed by atoms with Crippen LogP contribution in [0.3, 0.4) is 0 Å². The molecule has 2 heterocycles. The smallest absolute Gasteiger partial charge is 0.326 e. The van der Waals surface area contributed by atoms with Crippen molar-refractivity contribution in [1.29, 1.82) is 0 Å². The average Bonchev–Trinajstić information content (AvgIpc) is 3.31. The number of carbonyl (C=O) groups excluding carboxylic acids is 1. The Morgan fingerprint density at radius 3 is 2.35 bits per heavy atom. The molecule has 0 saturated carbocycles.